The number of hydrogen-bond acceptors (Lipinski definition) is 3. The van der Waals surface area contributed by atoms with E-state index in [1.54, 1.807) is 0 Å². The zero-order valence-corrected chi connectivity index (χ0v) is 32.2. The van der Waals surface area contributed by atoms with Gasteiger partial charge < -0.3 is 13.7 Å². The standard InChI is InChI=1S/C58H38N6/c1-37-27-30-47-49-36-43(63-50-24-11-8-21-44(50)45-22-9-12-25-51(45)63)29-32-54(49)64(55(47)33-37)42-20-14-17-39(34-42)57-59-56(38-15-4-2-5-16-38)60-58(61-57)40-28-31-53-48(35-40)46-23-10-13-26-52(46)62(53)41-18-6-3-7-19-41/h2-36H,1H3/i2D,3D,4D,5D,6D,7D,8D,9D,10D,11D,12D,13D,14D,15D,16D,17D,18D,19D,20D,21D,22D,23D,24D,25D,26D,27D,28D,29D,30D,31D,32D,33D,34D,35D,36D. The molecule has 13 aromatic rings. The van der Waals surface area contributed by atoms with Gasteiger partial charge in [0.15, 0.2) is 17.5 Å². The highest BCUT2D eigenvalue weighted by molar-refractivity contribution is 6.13. The second-order valence-corrected chi connectivity index (χ2v) is 13.8. The molecule has 0 radical (unpaired) electrons. The van der Waals surface area contributed by atoms with Crippen LogP contribution >= 0.6 is 0 Å². The lowest BCUT2D eigenvalue weighted by molar-refractivity contribution is 1.07. The van der Waals surface area contributed by atoms with E-state index in [0.29, 0.717) is 4.57 Å². The lowest BCUT2D eigenvalue weighted by Gasteiger charge is -2.12. The Morgan fingerprint density at radius 3 is 1.41 bits per heavy atom. The summed E-state index contributed by atoms with van der Waals surface area (Å²) in [5.74, 6) is -3.00. The SMILES string of the molecule is [2H]c1c([2H])c([2H])c(-c2nc(-c3c([2H])c([2H])c([2H])c(-n4c5c([2H])c([2H])c(-n6c7c([2H])c([2H])c([2H])c([2H])c7c7c([2H])c([2H])c([2H])c([2H])c76)c([2H])c5c5c([2H])c([2H])c(C)c([2H])c54)c3[2H])nc(-c3c([2H])c([2H])c4c(c3[2H])c3c([2H])c([2H])c([2H])c([2H])c3n4-c3c([2H])c([2H])c([2H])c([2H])c3[2H])n2)c([2H])c1[2H]. The molecule has 6 heteroatoms. The first-order valence-electron chi connectivity index (χ1n) is 36.4. The van der Waals surface area contributed by atoms with E-state index in [4.69, 9.17) is 30.2 Å². The fraction of sp³-hybridized carbons (Fsp3) is 0.0172. The van der Waals surface area contributed by atoms with Crippen molar-refractivity contribution in [3.63, 3.8) is 0 Å². The Bertz CT molecular complexity index is 5940. The second-order valence-electron chi connectivity index (χ2n) is 13.8. The third-order valence-electron chi connectivity index (χ3n) is 10.2. The summed E-state index contributed by atoms with van der Waals surface area (Å²) in [6.45, 7) is 1.22. The van der Waals surface area contributed by atoms with Gasteiger partial charge in [0, 0.05) is 66.1 Å². The Labute approximate surface area is 417 Å². The lowest BCUT2D eigenvalue weighted by atomic mass is 10.1. The van der Waals surface area contributed by atoms with Crippen LogP contribution in [0.15, 0.2) is 211 Å². The van der Waals surface area contributed by atoms with Gasteiger partial charge in [0.1, 0.15) is 0 Å². The Hall–Kier alpha value is -8.61. The fourth-order valence-corrected chi connectivity index (χ4v) is 7.50. The minimum atomic E-state index is -1.15. The van der Waals surface area contributed by atoms with E-state index >= 15 is 0 Å². The number of rotatable bonds is 6. The number of fused-ring (bicyclic) bond motifs is 9. The maximum atomic E-state index is 10.2. The average Bonchev–Trinajstić information content (AvgIpc) is 1.54. The molecule has 0 aliphatic heterocycles. The summed E-state index contributed by atoms with van der Waals surface area (Å²) in [6, 6.07) is -33.1. The third-order valence-corrected chi connectivity index (χ3v) is 10.2. The Morgan fingerprint density at radius 1 is 0.297 bits per heavy atom. The molecular formula is C58H38N6. The normalized spacial score (nSPS) is 19.5. The molecule has 0 unspecified atom stereocenters. The van der Waals surface area contributed by atoms with Crippen LogP contribution in [-0.4, -0.2) is 28.7 Å². The molecule has 0 aliphatic carbocycles. The molecule has 300 valence electrons. The third kappa shape index (κ3) is 5.63. The highest BCUT2D eigenvalue weighted by atomic mass is 15.0. The summed E-state index contributed by atoms with van der Waals surface area (Å²) >= 11 is 0. The van der Waals surface area contributed by atoms with E-state index < -0.39 is 328 Å². The molecule has 0 saturated carbocycles. The molecule has 4 aromatic heterocycles. The van der Waals surface area contributed by atoms with E-state index in [0.717, 1.165) is 9.13 Å². The topological polar surface area (TPSA) is 53.5 Å². The van der Waals surface area contributed by atoms with Crippen LogP contribution in [0.4, 0.5) is 0 Å². The van der Waals surface area contributed by atoms with Gasteiger partial charge in [-0.3, -0.25) is 0 Å². The summed E-state index contributed by atoms with van der Waals surface area (Å²) in [7, 11) is 0. The summed E-state index contributed by atoms with van der Waals surface area (Å²) in [6.07, 6.45) is 0. The van der Waals surface area contributed by atoms with Crippen LogP contribution in [-0.2, 0) is 0 Å². The zero-order chi connectivity index (χ0) is 72.8. The van der Waals surface area contributed by atoms with Gasteiger partial charge in [0.05, 0.1) is 81.1 Å². The van der Waals surface area contributed by atoms with Gasteiger partial charge in [0.2, 0.25) is 0 Å². The van der Waals surface area contributed by atoms with Crippen LogP contribution < -0.4 is 0 Å². The number of nitrogens with zero attached hydrogens (tertiary/aromatic N) is 6. The predicted octanol–water partition coefficient (Wildman–Crippen LogP) is 14.5. The minimum Gasteiger partial charge on any atom is -0.309 e. The van der Waals surface area contributed by atoms with Crippen molar-refractivity contribution >= 4 is 65.4 Å². The molecule has 0 atom stereocenters. The van der Waals surface area contributed by atoms with Crippen LogP contribution in [0.1, 0.15) is 53.5 Å². The van der Waals surface area contributed by atoms with Crippen LogP contribution in [0.5, 0.6) is 0 Å². The van der Waals surface area contributed by atoms with E-state index in [1.165, 1.54) is 6.92 Å². The molecule has 64 heavy (non-hydrogen) atoms. The smallest absolute Gasteiger partial charge is 0.164 e. The lowest BCUT2D eigenvalue weighted by Crippen LogP contribution is -2.01. The highest BCUT2D eigenvalue weighted by Crippen LogP contribution is 2.39. The van der Waals surface area contributed by atoms with Crippen molar-refractivity contribution in [2.24, 2.45) is 0 Å². The summed E-state index contributed by atoms with van der Waals surface area (Å²) in [5, 5.41) is -3.52. The maximum absolute atomic E-state index is 10.2. The van der Waals surface area contributed by atoms with E-state index in [1.807, 2.05) is 0 Å². The monoisotopic (exact) mass is 854 g/mol. The van der Waals surface area contributed by atoms with Gasteiger partial charge in [-0.1, -0.05) is 127 Å². The van der Waals surface area contributed by atoms with Gasteiger partial charge in [0.25, 0.3) is 0 Å². The van der Waals surface area contributed by atoms with Crippen LogP contribution in [0.2, 0.25) is 0 Å². The van der Waals surface area contributed by atoms with Crippen molar-refractivity contribution in [3.8, 4) is 51.2 Å². The first kappa shape index (κ1) is 15.6. The Kier molecular flexibility index (Phi) is 3.47. The van der Waals surface area contributed by atoms with Gasteiger partial charge in [-0.2, -0.15) is 0 Å². The maximum Gasteiger partial charge on any atom is 0.164 e. The molecule has 0 amide bonds. The first-order chi connectivity index (χ1) is 46.2. The zero-order valence-electron chi connectivity index (χ0n) is 67.2. The molecule has 0 fully saturated rings. The van der Waals surface area contributed by atoms with Crippen molar-refractivity contribution in [2.75, 3.05) is 0 Å². The van der Waals surface area contributed by atoms with E-state index in [9.17, 15) is 17.8 Å². The Balaban J connectivity index is 1.19. The summed E-state index contributed by atoms with van der Waals surface area (Å²) < 4.78 is 322. The number of benzene rings is 9. The molecule has 0 N–H and O–H groups in total. The second kappa shape index (κ2) is 14.2. The van der Waals surface area contributed by atoms with Crippen molar-refractivity contribution in [2.45, 2.75) is 6.92 Å². The Morgan fingerprint density at radius 2 is 0.734 bits per heavy atom. The summed E-state index contributed by atoms with van der Waals surface area (Å²) in [4.78, 5) is 13.2. The highest BCUT2D eigenvalue weighted by Gasteiger charge is 2.20. The molecule has 0 saturated heterocycles. The van der Waals surface area contributed by atoms with Gasteiger partial charge in [-0.15, -0.1) is 0 Å². The average molecular weight is 854 g/mol. The van der Waals surface area contributed by atoms with Crippen LogP contribution in [0.3, 0.4) is 0 Å². The molecule has 0 spiro atoms. The quantitative estimate of drug-likeness (QED) is 0.167. The molecule has 0 bridgehead atoms. The largest absolute Gasteiger partial charge is 0.309 e. The van der Waals surface area contributed by atoms with Crippen molar-refractivity contribution in [3.05, 3.63) is 217 Å². The molecular weight excluding hydrogens is 781 g/mol. The fourth-order valence-electron chi connectivity index (χ4n) is 7.50. The summed E-state index contributed by atoms with van der Waals surface area (Å²) in [5.41, 5.74) is -9.45. The number of hydrogen-bond donors (Lipinski definition) is 0. The van der Waals surface area contributed by atoms with Crippen molar-refractivity contribution in [1.82, 2.24) is 28.7 Å². The van der Waals surface area contributed by atoms with Gasteiger partial charge >= 0.3 is 0 Å². The predicted molar refractivity (Wildman–Crippen MR) is 264 cm³/mol. The number of para-hydroxylation sites is 4. The van der Waals surface area contributed by atoms with Crippen molar-refractivity contribution < 1.29 is 48.0 Å². The minimum absolute atomic E-state index is 0.280. The van der Waals surface area contributed by atoms with E-state index in [2.05, 4.69) is 15.0 Å². The first-order valence-corrected chi connectivity index (χ1v) is 18.9. The van der Waals surface area contributed by atoms with E-state index in [-0.39, 0.29) is 5.56 Å². The molecule has 6 nitrogen and oxygen atoms in total. The van der Waals surface area contributed by atoms with Crippen molar-refractivity contribution in [1.29, 1.82) is 0 Å². The molecule has 9 aromatic carbocycles. The number of aromatic nitrogens is 6. The van der Waals surface area contributed by atoms with Crippen LogP contribution in [0.25, 0.3) is 117 Å². The molecule has 13 rings (SSSR count). The van der Waals surface area contributed by atoms with Gasteiger partial charge in [-0.25, -0.2) is 15.0 Å². The van der Waals surface area contributed by atoms with Gasteiger partial charge in [-0.05, 0) is 97.1 Å². The molecule has 4 heterocycles. The molecule has 0 aliphatic rings. The van der Waals surface area contributed by atoms with Crippen LogP contribution in [0, 0.1) is 6.92 Å².